The SMILES string of the molecule is O=C(O)c1nc[nH]c1-c1nc(CC(F)(F)F)no1. The molecule has 0 bridgehead atoms. The largest absolute Gasteiger partial charge is 0.476 e. The first-order chi connectivity index (χ1) is 8.37. The molecule has 7 nitrogen and oxygen atoms in total. The second kappa shape index (κ2) is 4.13. The smallest absolute Gasteiger partial charge is 0.396 e. The number of imidazole rings is 1. The van der Waals surface area contributed by atoms with Crippen molar-refractivity contribution in [2.24, 2.45) is 0 Å². The molecule has 0 radical (unpaired) electrons. The third-order valence-electron chi connectivity index (χ3n) is 1.88. The van der Waals surface area contributed by atoms with E-state index in [-0.39, 0.29) is 11.6 Å². The van der Waals surface area contributed by atoms with Crippen molar-refractivity contribution in [2.45, 2.75) is 12.6 Å². The van der Waals surface area contributed by atoms with Gasteiger partial charge in [0.05, 0.1) is 6.33 Å². The van der Waals surface area contributed by atoms with Crippen LogP contribution < -0.4 is 0 Å². The van der Waals surface area contributed by atoms with Gasteiger partial charge < -0.3 is 14.6 Å². The summed E-state index contributed by atoms with van der Waals surface area (Å²) in [5.41, 5.74) is -0.541. The first kappa shape index (κ1) is 12.1. The normalized spacial score (nSPS) is 11.7. The molecular formula is C8H5F3N4O3. The summed E-state index contributed by atoms with van der Waals surface area (Å²) in [6, 6.07) is 0. The standard InChI is InChI=1S/C8H5F3N4O3/c9-8(10,11)1-3-14-6(18-15-3)4-5(7(16)17)13-2-12-4/h2H,1H2,(H,12,13)(H,16,17). The summed E-state index contributed by atoms with van der Waals surface area (Å²) in [5.74, 6) is -2.30. The van der Waals surface area contributed by atoms with Gasteiger partial charge in [-0.3, -0.25) is 0 Å². The molecule has 0 unspecified atom stereocenters. The summed E-state index contributed by atoms with van der Waals surface area (Å²) < 4.78 is 40.7. The molecule has 10 heteroatoms. The van der Waals surface area contributed by atoms with Gasteiger partial charge in [-0.15, -0.1) is 0 Å². The van der Waals surface area contributed by atoms with Gasteiger partial charge in [0.25, 0.3) is 5.89 Å². The number of carbonyl (C=O) groups is 1. The Kier molecular flexibility index (Phi) is 2.77. The van der Waals surface area contributed by atoms with Crippen molar-refractivity contribution in [2.75, 3.05) is 0 Å². The number of alkyl halides is 3. The Balaban J connectivity index is 2.30. The highest BCUT2D eigenvalue weighted by Gasteiger charge is 2.31. The lowest BCUT2D eigenvalue weighted by molar-refractivity contribution is -0.128. The third-order valence-corrected chi connectivity index (χ3v) is 1.88. The van der Waals surface area contributed by atoms with E-state index in [1.165, 1.54) is 0 Å². The number of rotatable bonds is 3. The summed E-state index contributed by atoms with van der Waals surface area (Å²) in [5, 5.41) is 11.9. The van der Waals surface area contributed by atoms with Gasteiger partial charge in [-0.1, -0.05) is 5.16 Å². The molecule has 96 valence electrons. The van der Waals surface area contributed by atoms with Gasteiger partial charge in [-0.2, -0.15) is 18.2 Å². The van der Waals surface area contributed by atoms with Crippen molar-refractivity contribution >= 4 is 5.97 Å². The number of halogens is 3. The van der Waals surface area contributed by atoms with Crippen LogP contribution in [0.1, 0.15) is 16.3 Å². The highest BCUT2D eigenvalue weighted by molar-refractivity contribution is 5.91. The molecule has 0 aromatic carbocycles. The Labute approximate surface area is 96.6 Å². The van der Waals surface area contributed by atoms with E-state index in [1.807, 2.05) is 0 Å². The van der Waals surface area contributed by atoms with E-state index in [0.717, 1.165) is 6.33 Å². The zero-order chi connectivity index (χ0) is 13.3. The lowest BCUT2D eigenvalue weighted by Gasteiger charge is -1.99. The van der Waals surface area contributed by atoms with Crippen LogP contribution in [0.2, 0.25) is 0 Å². The summed E-state index contributed by atoms with van der Waals surface area (Å²) >= 11 is 0. The van der Waals surface area contributed by atoms with Crippen molar-refractivity contribution in [3.05, 3.63) is 17.8 Å². The van der Waals surface area contributed by atoms with Crippen LogP contribution in [0.5, 0.6) is 0 Å². The van der Waals surface area contributed by atoms with Crippen molar-refractivity contribution in [1.29, 1.82) is 0 Å². The fraction of sp³-hybridized carbons (Fsp3) is 0.250. The maximum atomic E-state index is 12.1. The van der Waals surface area contributed by atoms with E-state index in [4.69, 9.17) is 5.11 Å². The van der Waals surface area contributed by atoms with Crippen LogP contribution in [0.4, 0.5) is 13.2 Å². The second-order valence-electron chi connectivity index (χ2n) is 3.24. The van der Waals surface area contributed by atoms with Crippen LogP contribution in [0.3, 0.4) is 0 Å². The topological polar surface area (TPSA) is 105 Å². The van der Waals surface area contributed by atoms with Crippen molar-refractivity contribution < 1.29 is 27.6 Å². The van der Waals surface area contributed by atoms with Gasteiger partial charge in [0.1, 0.15) is 12.1 Å². The van der Waals surface area contributed by atoms with E-state index >= 15 is 0 Å². The molecule has 0 spiro atoms. The number of carboxylic acid groups (broad SMARTS) is 1. The Morgan fingerprint density at radius 2 is 2.22 bits per heavy atom. The molecule has 2 aromatic heterocycles. The number of H-pyrrole nitrogens is 1. The molecule has 0 fully saturated rings. The molecule has 0 saturated carbocycles. The summed E-state index contributed by atoms with van der Waals surface area (Å²) in [4.78, 5) is 20.1. The Bertz CT molecular complexity index is 574. The predicted octanol–water partition coefficient (Wildman–Crippen LogP) is 1.26. The molecule has 0 amide bonds. The lowest BCUT2D eigenvalue weighted by Crippen LogP contribution is -2.12. The minimum absolute atomic E-state index is 0.136. The van der Waals surface area contributed by atoms with Crippen molar-refractivity contribution in [3.63, 3.8) is 0 Å². The number of aromatic amines is 1. The zero-order valence-electron chi connectivity index (χ0n) is 8.52. The van der Waals surface area contributed by atoms with Crippen LogP contribution in [0.25, 0.3) is 11.6 Å². The van der Waals surface area contributed by atoms with Gasteiger partial charge >= 0.3 is 12.1 Å². The summed E-state index contributed by atoms with van der Waals surface area (Å²) in [6.45, 7) is 0. The van der Waals surface area contributed by atoms with Gasteiger partial charge in [0.15, 0.2) is 11.5 Å². The maximum Gasteiger partial charge on any atom is 0.396 e. The molecule has 0 saturated heterocycles. The zero-order valence-corrected chi connectivity index (χ0v) is 8.52. The van der Waals surface area contributed by atoms with Crippen LogP contribution in [0.15, 0.2) is 10.9 Å². The van der Waals surface area contributed by atoms with Crippen LogP contribution in [0, 0.1) is 0 Å². The molecule has 2 heterocycles. The van der Waals surface area contributed by atoms with E-state index in [0.29, 0.717) is 0 Å². The van der Waals surface area contributed by atoms with E-state index in [9.17, 15) is 18.0 Å². The highest BCUT2D eigenvalue weighted by atomic mass is 19.4. The number of aromatic nitrogens is 4. The Hall–Kier alpha value is -2.39. The lowest BCUT2D eigenvalue weighted by atomic mass is 10.3. The quantitative estimate of drug-likeness (QED) is 0.862. The summed E-state index contributed by atoms with van der Waals surface area (Å²) in [7, 11) is 0. The molecule has 18 heavy (non-hydrogen) atoms. The number of carboxylic acids is 1. The predicted molar refractivity (Wildman–Crippen MR) is 48.6 cm³/mol. The van der Waals surface area contributed by atoms with Gasteiger partial charge in [-0.25, -0.2) is 9.78 Å². The van der Waals surface area contributed by atoms with Gasteiger partial charge in [0.2, 0.25) is 0 Å². The van der Waals surface area contributed by atoms with E-state index in [1.54, 1.807) is 0 Å². The first-order valence-corrected chi connectivity index (χ1v) is 4.53. The molecule has 0 aliphatic carbocycles. The number of nitrogens with zero attached hydrogens (tertiary/aromatic N) is 3. The fourth-order valence-corrected chi connectivity index (χ4v) is 1.23. The Morgan fingerprint density at radius 1 is 1.50 bits per heavy atom. The maximum absolute atomic E-state index is 12.1. The summed E-state index contributed by atoms with van der Waals surface area (Å²) in [6.07, 6.45) is -4.76. The number of nitrogens with one attached hydrogen (secondary N) is 1. The Morgan fingerprint density at radius 3 is 2.83 bits per heavy atom. The molecule has 2 N–H and O–H groups in total. The third kappa shape index (κ3) is 2.47. The van der Waals surface area contributed by atoms with Crippen LogP contribution in [-0.2, 0) is 6.42 Å². The first-order valence-electron chi connectivity index (χ1n) is 4.53. The number of hydrogen-bond donors (Lipinski definition) is 2. The van der Waals surface area contributed by atoms with E-state index < -0.39 is 30.1 Å². The minimum atomic E-state index is -4.47. The van der Waals surface area contributed by atoms with Gasteiger partial charge in [0, 0.05) is 0 Å². The average molecular weight is 262 g/mol. The van der Waals surface area contributed by atoms with Crippen LogP contribution >= 0.6 is 0 Å². The molecule has 0 atom stereocenters. The molecule has 2 rings (SSSR count). The minimum Gasteiger partial charge on any atom is -0.476 e. The number of aromatic carboxylic acids is 1. The fourth-order valence-electron chi connectivity index (χ4n) is 1.23. The second-order valence-corrected chi connectivity index (χ2v) is 3.24. The van der Waals surface area contributed by atoms with Crippen molar-refractivity contribution in [3.8, 4) is 11.6 Å². The highest BCUT2D eigenvalue weighted by Crippen LogP contribution is 2.22. The van der Waals surface area contributed by atoms with Crippen molar-refractivity contribution in [1.82, 2.24) is 20.1 Å². The molecule has 0 aliphatic rings. The molecular weight excluding hydrogens is 257 g/mol. The average Bonchev–Trinajstić information content (AvgIpc) is 2.81. The monoisotopic (exact) mass is 262 g/mol. The molecule has 0 aliphatic heterocycles. The van der Waals surface area contributed by atoms with Gasteiger partial charge in [-0.05, 0) is 0 Å². The van der Waals surface area contributed by atoms with Crippen LogP contribution in [-0.4, -0.2) is 37.4 Å². The number of hydrogen-bond acceptors (Lipinski definition) is 5. The molecule has 2 aromatic rings. The van der Waals surface area contributed by atoms with E-state index in [2.05, 4.69) is 24.6 Å².